The smallest absolute Gasteiger partial charge is 0.241 e. The molecule has 1 aliphatic heterocycles. The van der Waals surface area contributed by atoms with Gasteiger partial charge in [-0.15, -0.1) is 0 Å². The zero-order valence-corrected chi connectivity index (χ0v) is 18.1. The average Bonchev–Trinajstić information content (AvgIpc) is 2.84. The number of pyridine rings is 2. The van der Waals surface area contributed by atoms with Crippen molar-refractivity contribution >= 4 is 28.7 Å². The molecular weight excluding hydrogens is 428 g/mol. The highest BCUT2D eigenvalue weighted by atomic mass is 19.1. The van der Waals surface area contributed by atoms with Crippen molar-refractivity contribution in [2.75, 3.05) is 25.5 Å². The number of benzene rings is 1. The molecule has 2 atom stereocenters. The summed E-state index contributed by atoms with van der Waals surface area (Å²) in [6, 6.07) is 8.44. The minimum atomic E-state index is -0.473. The van der Waals surface area contributed by atoms with Gasteiger partial charge in [0, 0.05) is 37.0 Å². The molecule has 1 fully saturated rings. The van der Waals surface area contributed by atoms with Gasteiger partial charge in [-0.3, -0.25) is 9.78 Å². The summed E-state index contributed by atoms with van der Waals surface area (Å²) in [5.41, 5.74) is 2.04. The van der Waals surface area contributed by atoms with Gasteiger partial charge in [0.25, 0.3) is 0 Å². The number of aromatic nitrogens is 2. The third kappa shape index (κ3) is 5.68. The molecule has 0 aliphatic carbocycles. The summed E-state index contributed by atoms with van der Waals surface area (Å²) >= 11 is 0. The van der Waals surface area contributed by atoms with E-state index < -0.39 is 11.6 Å². The van der Waals surface area contributed by atoms with Crippen molar-refractivity contribution in [3.63, 3.8) is 0 Å². The Morgan fingerprint density at radius 1 is 1.24 bits per heavy atom. The van der Waals surface area contributed by atoms with Crippen LogP contribution in [0.3, 0.4) is 0 Å². The summed E-state index contributed by atoms with van der Waals surface area (Å²) < 4.78 is 32.1. The second kappa shape index (κ2) is 10.5. The first-order valence-corrected chi connectivity index (χ1v) is 10.7. The predicted octanol–water partition coefficient (Wildman–Crippen LogP) is 3.28. The van der Waals surface area contributed by atoms with Crippen molar-refractivity contribution in [2.24, 2.45) is 0 Å². The first-order chi connectivity index (χ1) is 16.0. The van der Waals surface area contributed by atoms with Crippen LogP contribution in [0.15, 0.2) is 48.7 Å². The van der Waals surface area contributed by atoms with Crippen LogP contribution in [-0.2, 0) is 4.79 Å². The van der Waals surface area contributed by atoms with Crippen LogP contribution in [0.4, 0.5) is 14.5 Å². The Kier molecular flexibility index (Phi) is 7.21. The molecule has 3 aromatic rings. The maximum atomic E-state index is 13.7. The van der Waals surface area contributed by atoms with Crippen LogP contribution >= 0.6 is 0 Å². The van der Waals surface area contributed by atoms with Gasteiger partial charge in [0.2, 0.25) is 11.8 Å². The van der Waals surface area contributed by atoms with E-state index in [-0.39, 0.29) is 23.6 Å². The predicted molar refractivity (Wildman–Crippen MR) is 123 cm³/mol. The molecule has 0 saturated carbocycles. The van der Waals surface area contributed by atoms with Crippen LogP contribution in [-0.4, -0.2) is 48.2 Å². The number of nitrogens with one attached hydrogen (secondary N) is 3. The Hall–Kier alpha value is -3.43. The third-order valence-electron chi connectivity index (χ3n) is 5.54. The van der Waals surface area contributed by atoms with Crippen molar-refractivity contribution in [2.45, 2.75) is 24.9 Å². The number of rotatable bonds is 7. The van der Waals surface area contributed by atoms with Gasteiger partial charge in [-0.25, -0.2) is 13.8 Å². The fourth-order valence-corrected chi connectivity index (χ4v) is 3.76. The molecule has 1 amide bonds. The third-order valence-corrected chi connectivity index (χ3v) is 5.54. The van der Waals surface area contributed by atoms with Gasteiger partial charge in [-0.05, 0) is 43.2 Å². The highest BCUT2D eigenvalue weighted by Crippen LogP contribution is 2.23. The average molecular weight is 453 g/mol. The Bertz CT molecular complexity index is 1160. The summed E-state index contributed by atoms with van der Waals surface area (Å²) in [6.07, 6.45) is 6.40. The van der Waals surface area contributed by atoms with E-state index in [1.165, 1.54) is 7.11 Å². The molecule has 2 unspecified atom stereocenters. The Balaban J connectivity index is 1.28. The van der Waals surface area contributed by atoms with Gasteiger partial charge in [-0.1, -0.05) is 12.2 Å². The highest BCUT2D eigenvalue weighted by Gasteiger charge is 2.25. The molecular formula is C24H25F2N5O2. The van der Waals surface area contributed by atoms with Crippen LogP contribution in [0.5, 0.6) is 5.88 Å². The van der Waals surface area contributed by atoms with E-state index in [0.29, 0.717) is 42.1 Å². The number of piperidine rings is 1. The number of methoxy groups -OCH3 is 1. The van der Waals surface area contributed by atoms with Crippen molar-refractivity contribution < 1.29 is 18.3 Å². The van der Waals surface area contributed by atoms with E-state index in [1.54, 1.807) is 36.5 Å². The monoisotopic (exact) mass is 453 g/mol. The largest absolute Gasteiger partial charge is 0.481 e. The van der Waals surface area contributed by atoms with Crippen LogP contribution in [0.1, 0.15) is 18.4 Å². The van der Waals surface area contributed by atoms with Gasteiger partial charge in [0.1, 0.15) is 17.2 Å². The van der Waals surface area contributed by atoms with Gasteiger partial charge < -0.3 is 20.7 Å². The number of hydrogen-bond acceptors (Lipinski definition) is 6. The summed E-state index contributed by atoms with van der Waals surface area (Å²) in [6.45, 7) is 1.12. The zero-order chi connectivity index (χ0) is 23.2. The molecule has 7 nitrogen and oxygen atoms in total. The lowest BCUT2D eigenvalue weighted by Gasteiger charge is -2.29. The molecule has 1 saturated heterocycles. The summed E-state index contributed by atoms with van der Waals surface area (Å²) in [5, 5.41) is 9.55. The van der Waals surface area contributed by atoms with Crippen LogP contribution in [0, 0.1) is 11.6 Å². The molecule has 9 heteroatoms. The second-order valence-corrected chi connectivity index (χ2v) is 7.78. The number of hydrogen-bond donors (Lipinski definition) is 3. The van der Waals surface area contributed by atoms with Crippen molar-refractivity contribution in [3.8, 4) is 5.88 Å². The van der Waals surface area contributed by atoms with Crippen LogP contribution in [0.25, 0.3) is 17.1 Å². The van der Waals surface area contributed by atoms with E-state index in [1.807, 2.05) is 0 Å². The number of amides is 1. The highest BCUT2D eigenvalue weighted by molar-refractivity contribution is 6.01. The Morgan fingerprint density at radius 2 is 2.12 bits per heavy atom. The maximum Gasteiger partial charge on any atom is 0.241 e. The summed E-state index contributed by atoms with van der Waals surface area (Å²) in [5.74, 6) is -0.618. The number of anilines is 1. The molecule has 0 bridgehead atoms. The molecule has 0 radical (unpaired) electrons. The number of carbonyl (C=O) groups is 1. The molecule has 4 rings (SSSR count). The molecule has 0 spiro atoms. The van der Waals surface area contributed by atoms with Gasteiger partial charge in [0.05, 0.1) is 24.4 Å². The Labute approximate surface area is 190 Å². The van der Waals surface area contributed by atoms with Crippen molar-refractivity contribution in [3.05, 3.63) is 65.9 Å². The molecule has 3 N–H and O–H groups in total. The second-order valence-electron chi connectivity index (χ2n) is 7.78. The van der Waals surface area contributed by atoms with E-state index in [9.17, 15) is 13.6 Å². The minimum absolute atomic E-state index is 0.132. The fourth-order valence-electron chi connectivity index (χ4n) is 3.76. The lowest BCUT2D eigenvalue weighted by molar-refractivity contribution is -0.118. The minimum Gasteiger partial charge on any atom is -0.481 e. The fraction of sp³-hybridized carbons (Fsp3) is 0.292. The van der Waals surface area contributed by atoms with Crippen molar-refractivity contribution in [1.82, 2.24) is 20.6 Å². The molecule has 1 aliphatic rings. The standard InChI is InChI=1S/C24H25F2N5O2/c1-33-22-9-8-19-23(31-22)20(10-12-28-19)30-24(32)21-7-5-17(14-29-21)27-11-2-3-15-13-16(25)4-6-18(15)26/h2-4,6,8-10,12-13,17,21,27,29H,5,7,11,14H2,1H3,(H,28,30,32)/b3-2+. The number of ether oxygens (including phenoxy) is 1. The number of carbonyl (C=O) groups excluding carboxylic acids is 1. The number of halogens is 2. The van der Waals surface area contributed by atoms with Gasteiger partial charge >= 0.3 is 0 Å². The summed E-state index contributed by atoms with van der Waals surface area (Å²) in [7, 11) is 1.54. The van der Waals surface area contributed by atoms with E-state index >= 15 is 0 Å². The van der Waals surface area contributed by atoms with Crippen LogP contribution < -0.4 is 20.7 Å². The Morgan fingerprint density at radius 3 is 2.91 bits per heavy atom. The van der Waals surface area contributed by atoms with Gasteiger partial charge in [-0.2, -0.15) is 0 Å². The molecule has 3 heterocycles. The van der Waals surface area contributed by atoms with Gasteiger partial charge in [0.15, 0.2) is 0 Å². The lowest BCUT2D eigenvalue weighted by Crippen LogP contribution is -2.52. The van der Waals surface area contributed by atoms with E-state index in [0.717, 1.165) is 24.6 Å². The quantitative estimate of drug-likeness (QED) is 0.509. The number of fused-ring (bicyclic) bond motifs is 1. The topological polar surface area (TPSA) is 88.2 Å². The number of nitrogens with zero attached hydrogens (tertiary/aromatic N) is 2. The molecule has 33 heavy (non-hydrogen) atoms. The molecule has 172 valence electrons. The summed E-state index contributed by atoms with van der Waals surface area (Å²) in [4.78, 5) is 21.5. The van der Waals surface area contributed by atoms with E-state index in [2.05, 4.69) is 25.9 Å². The van der Waals surface area contributed by atoms with Crippen molar-refractivity contribution in [1.29, 1.82) is 0 Å². The first-order valence-electron chi connectivity index (χ1n) is 10.7. The lowest BCUT2D eigenvalue weighted by atomic mass is 10.00. The SMILES string of the molecule is COc1ccc2nccc(NC(=O)C3CCC(NC/C=C/c4cc(F)ccc4F)CN3)c2n1. The molecule has 1 aromatic carbocycles. The van der Waals surface area contributed by atoms with E-state index in [4.69, 9.17) is 4.74 Å². The van der Waals surface area contributed by atoms with Crippen LogP contribution in [0.2, 0.25) is 0 Å². The normalized spacial score (nSPS) is 18.5. The first kappa shape index (κ1) is 22.8. The zero-order valence-electron chi connectivity index (χ0n) is 18.1. The molecule has 2 aromatic heterocycles. The maximum absolute atomic E-state index is 13.7.